The Morgan fingerprint density at radius 3 is 2.65 bits per heavy atom. The molecule has 5 atom stereocenters. The van der Waals surface area contributed by atoms with Gasteiger partial charge in [0, 0.05) is 6.20 Å². The summed E-state index contributed by atoms with van der Waals surface area (Å²) >= 11 is 0. The molecule has 1 unspecified atom stereocenters. The maximum atomic E-state index is 12.0. The first-order valence-electron chi connectivity index (χ1n) is 6.33. The first kappa shape index (κ1) is 15.2. The van der Waals surface area contributed by atoms with Crippen LogP contribution in [-0.2, 0) is 4.74 Å². The van der Waals surface area contributed by atoms with Crippen molar-refractivity contribution in [1.82, 2.24) is 10.2 Å². The molecule has 0 saturated carbocycles. The molecule has 0 aromatic carbocycles. The first-order chi connectivity index (χ1) is 9.41. The zero-order chi connectivity index (χ0) is 14.9. The quantitative estimate of drug-likeness (QED) is 0.321. The lowest BCUT2D eigenvalue weighted by molar-refractivity contribution is -0.0669. The van der Waals surface area contributed by atoms with E-state index in [1.807, 2.05) is 0 Å². The van der Waals surface area contributed by atoms with Gasteiger partial charge in [0.1, 0.15) is 24.0 Å². The molecule has 114 valence electrons. The normalized spacial score (nSPS) is 41.0. The van der Waals surface area contributed by atoms with Gasteiger partial charge in [0.25, 0.3) is 0 Å². The Morgan fingerprint density at radius 2 is 2.15 bits per heavy atom. The third-order valence-corrected chi connectivity index (χ3v) is 3.46. The molecule has 1 saturated heterocycles. The van der Waals surface area contributed by atoms with Crippen molar-refractivity contribution in [1.29, 1.82) is 0 Å². The Hall–Kier alpha value is -1.23. The van der Waals surface area contributed by atoms with Crippen molar-refractivity contribution in [3.05, 3.63) is 12.3 Å². The molecule has 0 aliphatic carbocycles. The molecule has 2 aliphatic rings. The predicted molar refractivity (Wildman–Crippen MR) is 67.9 cm³/mol. The Kier molecular flexibility index (Phi) is 4.28. The highest BCUT2D eigenvalue weighted by Crippen LogP contribution is 2.26. The van der Waals surface area contributed by atoms with E-state index in [2.05, 4.69) is 5.32 Å². The van der Waals surface area contributed by atoms with E-state index in [-0.39, 0.29) is 0 Å². The number of aliphatic hydroxyl groups excluding tert-OH is 3. The van der Waals surface area contributed by atoms with E-state index in [0.29, 0.717) is 13.0 Å². The van der Waals surface area contributed by atoms with E-state index in [1.54, 1.807) is 0 Å². The lowest BCUT2D eigenvalue weighted by Gasteiger charge is -2.37. The number of carbonyl (C=O) groups excluding carboxylic acids is 1. The van der Waals surface area contributed by atoms with Crippen LogP contribution in [0.1, 0.15) is 6.42 Å². The van der Waals surface area contributed by atoms with Crippen LogP contribution >= 0.6 is 0 Å². The number of nitrogens with two attached hydrogens (primary N) is 2. The van der Waals surface area contributed by atoms with Gasteiger partial charge in [-0.2, -0.15) is 0 Å². The van der Waals surface area contributed by atoms with Gasteiger partial charge < -0.3 is 36.8 Å². The second-order valence-electron chi connectivity index (χ2n) is 4.96. The fourth-order valence-electron chi connectivity index (χ4n) is 2.28. The van der Waals surface area contributed by atoms with Crippen molar-refractivity contribution in [2.24, 2.45) is 11.5 Å². The molecule has 2 rings (SSSR count). The fourth-order valence-corrected chi connectivity index (χ4v) is 2.28. The van der Waals surface area contributed by atoms with Crippen molar-refractivity contribution in [2.75, 3.05) is 13.2 Å². The van der Waals surface area contributed by atoms with E-state index in [1.165, 1.54) is 12.3 Å². The molecule has 2 heterocycles. The lowest BCUT2D eigenvalue weighted by atomic mass is 10.1. The van der Waals surface area contributed by atoms with E-state index >= 15 is 0 Å². The first-order valence-corrected chi connectivity index (χ1v) is 6.33. The number of ether oxygens (including phenoxy) is 1. The van der Waals surface area contributed by atoms with Crippen molar-refractivity contribution in [3.8, 4) is 0 Å². The maximum absolute atomic E-state index is 12.0. The van der Waals surface area contributed by atoms with Crippen LogP contribution in [0.5, 0.6) is 0 Å². The lowest BCUT2D eigenvalue weighted by Crippen LogP contribution is -2.63. The van der Waals surface area contributed by atoms with Crippen LogP contribution in [0.25, 0.3) is 0 Å². The standard InChI is InChI=1S/C11H20N4O5/c12-3-1-11(13)2-4-15(10(19)14-11)9-8(18)7(17)6(5-16)20-9/h2,4,6-9,16-18H,1,3,5,12-13H2,(H,14,19)/t6-,7-,8-,9-,11?/m1/s1. The summed E-state index contributed by atoms with van der Waals surface area (Å²) in [7, 11) is 0. The number of hydrogen-bond acceptors (Lipinski definition) is 7. The zero-order valence-electron chi connectivity index (χ0n) is 10.8. The third kappa shape index (κ3) is 2.64. The molecule has 20 heavy (non-hydrogen) atoms. The van der Waals surface area contributed by atoms with Crippen molar-refractivity contribution in [3.63, 3.8) is 0 Å². The van der Waals surface area contributed by atoms with Crippen LogP contribution in [0.2, 0.25) is 0 Å². The van der Waals surface area contributed by atoms with Crippen LogP contribution in [0, 0.1) is 0 Å². The van der Waals surface area contributed by atoms with Crippen molar-refractivity contribution in [2.45, 2.75) is 36.6 Å². The highest BCUT2D eigenvalue weighted by molar-refractivity contribution is 5.78. The Balaban J connectivity index is 2.13. The van der Waals surface area contributed by atoms with Gasteiger partial charge in [0.2, 0.25) is 0 Å². The summed E-state index contributed by atoms with van der Waals surface area (Å²) in [4.78, 5) is 13.1. The number of rotatable bonds is 4. The maximum Gasteiger partial charge on any atom is 0.325 e. The summed E-state index contributed by atoms with van der Waals surface area (Å²) in [6.07, 6.45) is -1.32. The second kappa shape index (κ2) is 5.64. The SMILES string of the molecule is NCCC1(N)C=CN([C@@H]2O[C@H](CO)[C@@H](O)[C@H]2O)C(=O)N1. The summed E-state index contributed by atoms with van der Waals surface area (Å²) in [5.41, 5.74) is 10.3. The highest BCUT2D eigenvalue weighted by atomic mass is 16.6. The smallest absolute Gasteiger partial charge is 0.325 e. The van der Waals surface area contributed by atoms with E-state index in [4.69, 9.17) is 21.3 Å². The molecule has 9 nitrogen and oxygen atoms in total. The summed E-state index contributed by atoms with van der Waals surface area (Å²) in [5.74, 6) is 0. The molecule has 2 amide bonds. The summed E-state index contributed by atoms with van der Waals surface area (Å²) in [5, 5.41) is 31.1. The molecular weight excluding hydrogens is 268 g/mol. The minimum absolute atomic E-state index is 0.301. The zero-order valence-corrected chi connectivity index (χ0v) is 10.8. The molecule has 0 bridgehead atoms. The Labute approximate surface area is 115 Å². The number of carbonyl (C=O) groups is 1. The summed E-state index contributed by atoms with van der Waals surface area (Å²) < 4.78 is 5.27. The molecule has 0 aromatic heterocycles. The number of amides is 2. The highest BCUT2D eigenvalue weighted by Gasteiger charge is 2.47. The van der Waals surface area contributed by atoms with Crippen LogP contribution in [0.4, 0.5) is 4.79 Å². The van der Waals surface area contributed by atoms with E-state index in [0.717, 1.165) is 4.90 Å². The minimum atomic E-state index is -1.32. The number of urea groups is 1. The van der Waals surface area contributed by atoms with Gasteiger partial charge in [-0.05, 0) is 19.0 Å². The average Bonchev–Trinajstić information content (AvgIpc) is 2.66. The third-order valence-electron chi connectivity index (χ3n) is 3.46. The monoisotopic (exact) mass is 288 g/mol. The molecule has 0 aromatic rings. The van der Waals surface area contributed by atoms with Crippen LogP contribution in [-0.4, -0.2) is 69.6 Å². The molecular formula is C11H20N4O5. The molecule has 9 heteroatoms. The van der Waals surface area contributed by atoms with Gasteiger partial charge in [-0.1, -0.05) is 0 Å². The minimum Gasteiger partial charge on any atom is -0.394 e. The van der Waals surface area contributed by atoms with Crippen LogP contribution in [0.3, 0.4) is 0 Å². The number of aliphatic hydroxyl groups is 3. The van der Waals surface area contributed by atoms with E-state index < -0.39 is 42.8 Å². The predicted octanol–water partition coefficient (Wildman–Crippen LogP) is -3.03. The largest absolute Gasteiger partial charge is 0.394 e. The topological polar surface area (TPSA) is 154 Å². The molecule has 2 aliphatic heterocycles. The van der Waals surface area contributed by atoms with Crippen LogP contribution in [0.15, 0.2) is 12.3 Å². The molecule has 0 radical (unpaired) electrons. The second-order valence-corrected chi connectivity index (χ2v) is 4.96. The van der Waals surface area contributed by atoms with Gasteiger partial charge in [-0.25, -0.2) is 4.79 Å². The Morgan fingerprint density at radius 1 is 1.45 bits per heavy atom. The molecule has 1 fully saturated rings. The van der Waals surface area contributed by atoms with E-state index in [9.17, 15) is 15.0 Å². The van der Waals surface area contributed by atoms with Gasteiger partial charge in [0.15, 0.2) is 6.23 Å². The average molecular weight is 288 g/mol. The fraction of sp³-hybridized carbons (Fsp3) is 0.727. The molecule has 0 spiro atoms. The van der Waals surface area contributed by atoms with Gasteiger partial charge in [0.05, 0.1) is 6.61 Å². The van der Waals surface area contributed by atoms with Crippen molar-refractivity contribution >= 4 is 6.03 Å². The van der Waals surface area contributed by atoms with Gasteiger partial charge >= 0.3 is 6.03 Å². The van der Waals surface area contributed by atoms with Gasteiger partial charge in [-0.3, -0.25) is 4.90 Å². The summed E-state index contributed by atoms with van der Waals surface area (Å²) in [6.45, 7) is -0.156. The molecule has 8 N–H and O–H groups in total. The number of hydrogen-bond donors (Lipinski definition) is 6. The van der Waals surface area contributed by atoms with Crippen molar-refractivity contribution < 1.29 is 24.9 Å². The number of nitrogens with zero attached hydrogens (tertiary/aromatic N) is 1. The Bertz CT molecular complexity index is 406. The van der Waals surface area contributed by atoms with Crippen LogP contribution < -0.4 is 16.8 Å². The summed E-state index contributed by atoms with van der Waals surface area (Å²) in [6, 6.07) is -0.571. The number of nitrogens with one attached hydrogen (secondary N) is 1. The van der Waals surface area contributed by atoms with Gasteiger partial charge in [-0.15, -0.1) is 0 Å².